The number of carbonyl (C=O) groups excluding carboxylic acids is 2. The van der Waals surface area contributed by atoms with Crippen LogP contribution in [-0.4, -0.2) is 86.9 Å². The fourth-order valence-electron chi connectivity index (χ4n) is 4.73. The van der Waals surface area contributed by atoms with E-state index in [2.05, 4.69) is 34.1 Å². The van der Waals surface area contributed by atoms with Crippen molar-refractivity contribution in [2.24, 2.45) is 0 Å². The van der Waals surface area contributed by atoms with Crippen LogP contribution >= 0.6 is 24.4 Å². The molecule has 4 N–H and O–H groups in total. The van der Waals surface area contributed by atoms with E-state index in [1.54, 1.807) is 0 Å². The number of unbranched alkanes of at least 4 members (excludes halogenated alkanes) is 9. The third kappa shape index (κ3) is 16.4. The maximum atomic E-state index is 11.9. The minimum absolute atomic E-state index is 0.0139. The Morgan fingerprint density at radius 2 is 1.53 bits per heavy atom. The smallest absolute Gasteiger partial charge is 0.315 e. The summed E-state index contributed by atoms with van der Waals surface area (Å²) in [5, 5.41) is 9.48. The number of ether oxygens (including phenoxy) is 2. The zero-order valence-corrected chi connectivity index (χ0v) is 24.9. The lowest BCUT2D eigenvalue weighted by atomic mass is 10.0. The normalized spacial score (nSPS) is 20.3. The van der Waals surface area contributed by atoms with Crippen LogP contribution < -0.4 is 21.4 Å². The summed E-state index contributed by atoms with van der Waals surface area (Å²) in [6, 6.07) is 0.596. The first-order valence-corrected chi connectivity index (χ1v) is 16.4. The third-order valence-electron chi connectivity index (χ3n) is 6.88. The van der Waals surface area contributed by atoms with Crippen molar-refractivity contribution >= 4 is 36.3 Å². The average molecular weight is 577 g/mol. The fraction of sp³-hybridized carbons (Fsp3) is 0.926. The molecule has 9 nitrogen and oxygen atoms in total. The number of fused-ring (bicyclic) bond motifs is 1. The van der Waals surface area contributed by atoms with E-state index in [0.29, 0.717) is 69.9 Å². The number of hydrogen-bond donors (Lipinski definition) is 5. The van der Waals surface area contributed by atoms with E-state index in [1.807, 2.05) is 11.8 Å². The van der Waals surface area contributed by atoms with Crippen LogP contribution in [0.3, 0.4) is 0 Å². The summed E-state index contributed by atoms with van der Waals surface area (Å²) in [5.74, 6) is 2.13. The molecule has 0 aliphatic carbocycles. The predicted octanol–water partition coefficient (Wildman–Crippen LogP) is 3.82. The molecule has 2 aliphatic heterocycles. The van der Waals surface area contributed by atoms with Gasteiger partial charge in [0.2, 0.25) is 5.91 Å². The monoisotopic (exact) mass is 576 g/mol. The molecule has 2 saturated heterocycles. The Labute approximate surface area is 239 Å². The highest BCUT2D eigenvalue weighted by Gasteiger charge is 2.42. The third-order valence-corrected chi connectivity index (χ3v) is 8.70. The van der Waals surface area contributed by atoms with Gasteiger partial charge in [-0.2, -0.15) is 24.4 Å². The van der Waals surface area contributed by atoms with Crippen LogP contribution in [0, 0.1) is 0 Å². The van der Waals surface area contributed by atoms with Crippen LogP contribution in [-0.2, 0) is 19.1 Å². The lowest BCUT2D eigenvalue weighted by Gasteiger charge is -2.16. The summed E-state index contributed by atoms with van der Waals surface area (Å²) in [7, 11) is 0. The number of hydrogen-bond acceptors (Lipinski definition) is 8. The molecule has 11 heteroatoms. The summed E-state index contributed by atoms with van der Waals surface area (Å²) in [6.07, 6.45) is 14.8. The Balaban J connectivity index is 1.21. The zero-order valence-electron chi connectivity index (χ0n) is 23.2. The standard InChI is InChI=1S/C27H52N4O5S2/c32-25(13-9-5-3-1-2-4-6-11-21-37)28-14-17-34-19-20-35-18-15-29-36-16-10-7-8-12-24-26-23(22-38-24)30-27(33)31-26/h23-24,26,29,37H,1-22H2,(H,28,32)(H2,30,31,33). The number of rotatable bonds is 26. The van der Waals surface area contributed by atoms with Gasteiger partial charge in [0.15, 0.2) is 0 Å². The van der Waals surface area contributed by atoms with E-state index in [1.165, 1.54) is 38.5 Å². The summed E-state index contributed by atoms with van der Waals surface area (Å²) in [5.41, 5.74) is 2.94. The highest BCUT2D eigenvalue weighted by atomic mass is 32.2. The first-order chi connectivity index (χ1) is 18.7. The van der Waals surface area contributed by atoms with Gasteiger partial charge < -0.3 is 30.3 Å². The van der Waals surface area contributed by atoms with Gasteiger partial charge in [0, 0.05) is 30.5 Å². The Hall–Kier alpha value is -0.720. The van der Waals surface area contributed by atoms with E-state index in [-0.39, 0.29) is 11.9 Å². The van der Waals surface area contributed by atoms with Gasteiger partial charge in [-0.15, -0.1) is 0 Å². The average Bonchev–Trinajstić information content (AvgIpc) is 3.46. The van der Waals surface area contributed by atoms with Crippen LogP contribution in [0.5, 0.6) is 0 Å². The predicted molar refractivity (Wildman–Crippen MR) is 158 cm³/mol. The molecule has 0 radical (unpaired) electrons. The number of thiol groups is 1. The molecule has 2 rings (SSSR count). The van der Waals surface area contributed by atoms with E-state index >= 15 is 0 Å². The van der Waals surface area contributed by atoms with E-state index < -0.39 is 0 Å². The Morgan fingerprint density at radius 1 is 0.842 bits per heavy atom. The van der Waals surface area contributed by atoms with E-state index in [9.17, 15) is 9.59 Å². The van der Waals surface area contributed by atoms with Crippen LogP contribution in [0.15, 0.2) is 0 Å². The molecule has 0 spiro atoms. The topological polar surface area (TPSA) is 110 Å². The molecule has 0 bridgehead atoms. The highest BCUT2D eigenvalue weighted by molar-refractivity contribution is 8.00. The molecule has 3 atom stereocenters. The van der Waals surface area contributed by atoms with Gasteiger partial charge in [-0.1, -0.05) is 51.4 Å². The van der Waals surface area contributed by atoms with Crippen molar-refractivity contribution in [2.75, 3.05) is 57.6 Å². The van der Waals surface area contributed by atoms with Crippen molar-refractivity contribution in [2.45, 2.75) is 101 Å². The number of hydroxylamine groups is 1. The van der Waals surface area contributed by atoms with E-state index in [4.69, 9.17) is 14.3 Å². The quantitative estimate of drug-likeness (QED) is 0.0461. The largest absolute Gasteiger partial charge is 0.378 e. The number of nitrogens with one attached hydrogen (secondary N) is 4. The van der Waals surface area contributed by atoms with Gasteiger partial charge in [0.05, 0.1) is 45.1 Å². The van der Waals surface area contributed by atoms with Gasteiger partial charge in [0.1, 0.15) is 0 Å². The first-order valence-electron chi connectivity index (χ1n) is 14.8. The second-order valence-electron chi connectivity index (χ2n) is 10.1. The molecule has 0 aromatic heterocycles. The Morgan fingerprint density at radius 3 is 2.29 bits per heavy atom. The SMILES string of the molecule is O=C(CCCCCCCCCCS)NCCOCCOCCNOCCCCCC1SCC2NC(=O)NC21. The highest BCUT2D eigenvalue weighted by Crippen LogP contribution is 2.33. The molecular weight excluding hydrogens is 524 g/mol. The lowest BCUT2D eigenvalue weighted by Crippen LogP contribution is -2.36. The minimum Gasteiger partial charge on any atom is -0.378 e. The summed E-state index contributed by atoms with van der Waals surface area (Å²) >= 11 is 6.20. The van der Waals surface area contributed by atoms with Gasteiger partial charge in [0.25, 0.3) is 0 Å². The number of thioether (sulfide) groups is 1. The molecular formula is C27H52N4O5S2. The summed E-state index contributed by atoms with van der Waals surface area (Å²) in [6.45, 7) is 4.00. The number of carbonyl (C=O) groups is 2. The summed E-state index contributed by atoms with van der Waals surface area (Å²) in [4.78, 5) is 28.7. The number of urea groups is 1. The van der Waals surface area contributed by atoms with Crippen molar-refractivity contribution in [3.8, 4) is 0 Å². The second-order valence-corrected chi connectivity index (χ2v) is 11.8. The number of amides is 3. The van der Waals surface area contributed by atoms with Crippen molar-refractivity contribution in [3.05, 3.63) is 0 Å². The van der Waals surface area contributed by atoms with Crippen LogP contribution in [0.1, 0.15) is 83.5 Å². The molecule has 2 fully saturated rings. The minimum atomic E-state index is -0.0139. The molecule has 0 aromatic rings. The van der Waals surface area contributed by atoms with Gasteiger partial charge >= 0.3 is 6.03 Å². The summed E-state index contributed by atoms with van der Waals surface area (Å²) < 4.78 is 11.0. The molecule has 38 heavy (non-hydrogen) atoms. The van der Waals surface area contributed by atoms with Crippen LogP contribution in [0.25, 0.3) is 0 Å². The van der Waals surface area contributed by atoms with E-state index in [0.717, 1.165) is 50.0 Å². The Bertz CT molecular complexity index is 620. The van der Waals surface area contributed by atoms with Gasteiger partial charge in [-0.05, 0) is 31.4 Å². The molecule has 0 saturated carbocycles. The van der Waals surface area contributed by atoms with Crippen molar-refractivity contribution in [3.63, 3.8) is 0 Å². The second kappa shape index (κ2) is 23.0. The van der Waals surface area contributed by atoms with Crippen molar-refractivity contribution in [1.82, 2.24) is 21.4 Å². The van der Waals surface area contributed by atoms with Crippen molar-refractivity contribution < 1.29 is 23.9 Å². The molecule has 3 amide bonds. The van der Waals surface area contributed by atoms with Gasteiger partial charge in [-0.3, -0.25) is 4.79 Å². The Kier molecular flexibility index (Phi) is 20.3. The van der Waals surface area contributed by atoms with Crippen molar-refractivity contribution in [1.29, 1.82) is 0 Å². The molecule has 0 aromatic carbocycles. The molecule has 222 valence electrons. The fourth-order valence-corrected chi connectivity index (χ4v) is 6.50. The molecule has 2 heterocycles. The van der Waals surface area contributed by atoms with Crippen LogP contribution in [0.4, 0.5) is 4.79 Å². The molecule has 2 aliphatic rings. The zero-order chi connectivity index (χ0) is 27.1. The maximum Gasteiger partial charge on any atom is 0.315 e. The van der Waals surface area contributed by atoms with Crippen LogP contribution in [0.2, 0.25) is 0 Å². The first kappa shape index (κ1) is 33.5. The molecule has 3 unspecified atom stereocenters. The van der Waals surface area contributed by atoms with Gasteiger partial charge in [-0.25, -0.2) is 10.3 Å². The maximum absolute atomic E-state index is 11.9. The lowest BCUT2D eigenvalue weighted by molar-refractivity contribution is -0.121.